The van der Waals surface area contributed by atoms with E-state index >= 15 is 0 Å². The quantitative estimate of drug-likeness (QED) is 0.735. The Hall–Kier alpha value is -2.47. The van der Waals surface area contributed by atoms with E-state index in [-0.39, 0.29) is 5.91 Å². The lowest BCUT2D eigenvalue weighted by Gasteiger charge is -2.07. The SMILES string of the molecule is Cc1ccc(-n2nc(C)c(NC(=O)c3cncc(Br)c3)c2C)cc1. The summed E-state index contributed by atoms with van der Waals surface area (Å²) in [5.74, 6) is -0.210. The molecule has 3 aromatic rings. The van der Waals surface area contributed by atoms with Gasteiger partial charge in [0.05, 0.1) is 28.3 Å². The summed E-state index contributed by atoms with van der Waals surface area (Å²) in [4.78, 5) is 16.5. The molecular formula is C18H17BrN4O. The van der Waals surface area contributed by atoms with Gasteiger partial charge < -0.3 is 5.32 Å². The zero-order chi connectivity index (χ0) is 17.3. The van der Waals surface area contributed by atoms with Crippen LogP contribution in [-0.2, 0) is 0 Å². The summed E-state index contributed by atoms with van der Waals surface area (Å²) in [6, 6.07) is 9.84. The van der Waals surface area contributed by atoms with Gasteiger partial charge in [0.1, 0.15) is 0 Å². The van der Waals surface area contributed by atoms with E-state index in [2.05, 4.69) is 31.3 Å². The van der Waals surface area contributed by atoms with Gasteiger partial charge in [-0.1, -0.05) is 17.7 Å². The number of aromatic nitrogens is 3. The number of anilines is 1. The smallest absolute Gasteiger partial charge is 0.257 e. The van der Waals surface area contributed by atoms with Gasteiger partial charge in [0.15, 0.2) is 0 Å². The van der Waals surface area contributed by atoms with Gasteiger partial charge in [-0.3, -0.25) is 9.78 Å². The van der Waals surface area contributed by atoms with Crippen LogP contribution < -0.4 is 5.32 Å². The summed E-state index contributed by atoms with van der Waals surface area (Å²) in [6.07, 6.45) is 3.18. The number of pyridine rings is 1. The molecule has 0 aliphatic rings. The lowest BCUT2D eigenvalue weighted by Crippen LogP contribution is -2.13. The molecule has 0 aliphatic carbocycles. The van der Waals surface area contributed by atoms with Crippen molar-refractivity contribution in [2.24, 2.45) is 0 Å². The molecule has 6 heteroatoms. The Kier molecular flexibility index (Phi) is 4.49. The number of nitrogens with one attached hydrogen (secondary N) is 1. The van der Waals surface area contributed by atoms with Crippen LogP contribution in [-0.4, -0.2) is 20.7 Å². The highest BCUT2D eigenvalue weighted by molar-refractivity contribution is 9.10. The van der Waals surface area contributed by atoms with Crippen LogP contribution in [0, 0.1) is 20.8 Å². The lowest BCUT2D eigenvalue weighted by molar-refractivity contribution is 0.102. The molecule has 0 saturated heterocycles. The van der Waals surface area contributed by atoms with E-state index in [1.165, 1.54) is 11.8 Å². The first-order valence-electron chi connectivity index (χ1n) is 7.51. The number of rotatable bonds is 3. The summed E-state index contributed by atoms with van der Waals surface area (Å²) < 4.78 is 2.60. The largest absolute Gasteiger partial charge is 0.319 e. The molecule has 0 bridgehead atoms. The molecular weight excluding hydrogens is 368 g/mol. The van der Waals surface area contributed by atoms with E-state index in [1.54, 1.807) is 12.3 Å². The molecule has 0 aliphatic heterocycles. The molecule has 1 amide bonds. The third kappa shape index (κ3) is 3.23. The van der Waals surface area contributed by atoms with E-state index in [1.807, 2.05) is 49.7 Å². The van der Waals surface area contributed by atoms with E-state index in [0.29, 0.717) is 5.56 Å². The van der Waals surface area contributed by atoms with Gasteiger partial charge in [-0.05, 0) is 54.9 Å². The first kappa shape index (κ1) is 16.4. The van der Waals surface area contributed by atoms with Gasteiger partial charge in [0.2, 0.25) is 0 Å². The summed E-state index contributed by atoms with van der Waals surface area (Å²) >= 11 is 3.33. The fourth-order valence-corrected chi connectivity index (χ4v) is 2.85. The van der Waals surface area contributed by atoms with E-state index in [0.717, 1.165) is 27.2 Å². The summed E-state index contributed by atoms with van der Waals surface area (Å²) in [7, 11) is 0. The number of nitrogens with zero attached hydrogens (tertiary/aromatic N) is 3. The number of amides is 1. The molecule has 3 rings (SSSR count). The molecule has 0 radical (unpaired) electrons. The average molecular weight is 385 g/mol. The van der Waals surface area contributed by atoms with Crippen molar-refractivity contribution >= 4 is 27.5 Å². The topological polar surface area (TPSA) is 59.8 Å². The number of hydrogen-bond acceptors (Lipinski definition) is 3. The predicted octanol–water partition coefficient (Wildman–Crippen LogP) is 4.21. The fraction of sp³-hybridized carbons (Fsp3) is 0.167. The molecule has 1 aromatic carbocycles. The van der Waals surface area contributed by atoms with Crippen LogP contribution in [0.5, 0.6) is 0 Å². The van der Waals surface area contributed by atoms with Gasteiger partial charge in [-0.15, -0.1) is 0 Å². The van der Waals surface area contributed by atoms with Crippen LogP contribution in [0.2, 0.25) is 0 Å². The zero-order valence-electron chi connectivity index (χ0n) is 13.7. The highest BCUT2D eigenvalue weighted by atomic mass is 79.9. The molecule has 2 heterocycles. The second kappa shape index (κ2) is 6.57. The minimum atomic E-state index is -0.210. The summed E-state index contributed by atoms with van der Waals surface area (Å²) in [6.45, 7) is 5.86. The van der Waals surface area contributed by atoms with Gasteiger partial charge >= 0.3 is 0 Å². The molecule has 1 N–H and O–H groups in total. The van der Waals surface area contributed by atoms with Gasteiger partial charge in [0.25, 0.3) is 5.91 Å². The number of aryl methyl sites for hydroxylation is 2. The van der Waals surface area contributed by atoms with E-state index < -0.39 is 0 Å². The fourth-order valence-electron chi connectivity index (χ4n) is 2.48. The number of halogens is 1. The molecule has 5 nitrogen and oxygen atoms in total. The lowest BCUT2D eigenvalue weighted by atomic mass is 10.2. The first-order chi connectivity index (χ1) is 11.5. The molecule has 0 fully saturated rings. The van der Waals surface area contributed by atoms with Gasteiger partial charge in [-0.2, -0.15) is 5.10 Å². The van der Waals surface area contributed by atoms with Crippen molar-refractivity contribution in [3.05, 3.63) is 69.7 Å². The minimum Gasteiger partial charge on any atom is -0.319 e. The maximum atomic E-state index is 12.5. The van der Waals surface area contributed by atoms with Crippen LogP contribution in [0.1, 0.15) is 27.3 Å². The minimum absolute atomic E-state index is 0.210. The second-order valence-electron chi connectivity index (χ2n) is 5.64. The Morgan fingerprint density at radius 1 is 1.12 bits per heavy atom. The number of benzene rings is 1. The highest BCUT2D eigenvalue weighted by Crippen LogP contribution is 2.24. The average Bonchev–Trinajstić information content (AvgIpc) is 2.84. The molecule has 2 aromatic heterocycles. The Morgan fingerprint density at radius 2 is 1.83 bits per heavy atom. The summed E-state index contributed by atoms with van der Waals surface area (Å²) in [5.41, 5.74) is 5.02. The standard InChI is InChI=1S/C18H17BrN4O/c1-11-4-6-16(7-5-11)23-13(3)17(12(2)22-23)21-18(24)14-8-15(19)10-20-9-14/h4-10H,1-3H3,(H,21,24). The maximum absolute atomic E-state index is 12.5. The molecule has 24 heavy (non-hydrogen) atoms. The van der Waals surface area contributed by atoms with Gasteiger partial charge in [-0.25, -0.2) is 4.68 Å². The van der Waals surface area contributed by atoms with Crippen LogP contribution in [0.4, 0.5) is 5.69 Å². The molecule has 0 spiro atoms. The van der Waals surface area contributed by atoms with Crippen LogP contribution >= 0.6 is 15.9 Å². The Balaban J connectivity index is 1.92. The van der Waals surface area contributed by atoms with Gasteiger partial charge in [0, 0.05) is 16.9 Å². The Morgan fingerprint density at radius 3 is 2.50 bits per heavy atom. The Bertz CT molecular complexity index is 900. The monoisotopic (exact) mass is 384 g/mol. The van der Waals surface area contributed by atoms with Crippen molar-refractivity contribution in [1.29, 1.82) is 0 Å². The van der Waals surface area contributed by atoms with Crippen molar-refractivity contribution in [2.45, 2.75) is 20.8 Å². The molecule has 0 unspecified atom stereocenters. The van der Waals surface area contributed by atoms with Crippen LogP contribution in [0.15, 0.2) is 47.2 Å². The van der Waals surface area contributed by atoms with Crippen molar-refractivity contribution < 1.29 is 4.79 Å². The van der Waals surface area contributed by atoms with Crippen molar-refractivity contribution in [3.8, 4) is 5.69 Å². The van der Waals surface area contributed by atoms with Crippen molar-refractivity contribution in [3.63, 3.8) is 0 Å². The van der Waals surface area contributed by atoms with E-state index in [4.69, 9.17) is 0 Å². The first-order valence-corrected chi connectivity index (χ1v) is 8.30. The third-order valence-corrected chi connectivity index (χ3v) is 4.21. The zero-order valence-corrected chi connectivity index (χ0v) is 15.3. The number of hydrogen-bond donors (Lipinski definition) is 1. The number of carbonyl (C=O) groups is 1. The van der Waals surface area contributed by atoms with Crippen molar-refractivity contribution in [1.82, 2.24) is 14.8 Å². The molecule has 122 valence electrons. The normalized spacial score (nSPS) is 10.7. The maximum Gasteiger partial charge on any atom is 0.257 e. The summed E-state index contributed by atoms with van der Waals surface area (Å²) in [5, 5.41) is 7.49. The van der Waals surface area contributed by atoms with Crippen LogP contribution in [0.3, 0.4) is 0 Å². The molecule has 0 saturated carbocycles. The number of carbonyl (C=O) groups excluding carboxylic acids is 1. The van der Waals surface area contributed by atoms with E-state index in [9.17, 15) is 4.79 Å². The predicted molar refractivity (Wildman–Crippen MR) is 97.7 cm³/mol. The molecule has 0 atom stereocenters. The third-order valence-electron chi connectivity index (χ3n) is 3.78. The van der Waals surface area contributed by atoms with Crippen molar-refractivity contribution in [2.75, 3.05) is 5.32 Å². The second-order valence-corrected chi connectivity index (χ2v) is 6.55. The highest BCUT2D eigenvalue weighted by Gasteiger charge is 2.16. The van der Waals surface area contributed by atoms with Crippen LogP contribution in [0.25, 0.3) is 5.69 Å². The Labute approximate surface area is 148 Å².